The molecule has 1 aromatic carbocycles. The van der Waals surface area contributed by atoms with Crippen LogP contribution >= 0.6 is 0 Å². The molecule has 0 saturated heterocycles. The molecule has 1 N–H and O–H groups in total. The van der Waals surface area contributed by atoms with E-state index in [9.17, 15) is 17.6 Å². The second-order valence-electron chi connectivity index (χ2n) is 2.50. The van der Waals surface area contributed by atoms with E-state index in [0.29, 0.717) is 6.07 Å². The Labute approximate surface area is 71.6 Å². The lowest BCUT2D eigenvalue weighted by Gasteiger charge is -2.14. The number of aliphatic hydroxyl groups excluding tert-OH is 1. The van der Waals surface area contributed by atoms with Crippen LogP contribution in [0.25, 0.3) is 0 Å². The maximum atomic E-state index is 12.4. The lowest BCUT2D eigenvalue weighted by Crippen LogP contribution is -2.20. The van der Waals surface area contributed by atoms with Gasteiger partial charge in [0.1, 0.15) is 5.82 Å². The molecule has 5 heteroatoms. The average molecular weight is 194 g/mol. The third-order valence-electron chi connectivity index (χ3n) is 1.47. The Morgan fingerprint density at radius 1 is 1.23 bits per heavy atom. The van der Waals surface area contributed by atoms with Gasteiger partial charge in [0, 0.05) is 0 Å². The molecule has 0 fully saturated rings. The third-order valence-corrected chi connectivity index (χ3v) is 1.47. The summed E-state index contributed by atoms with van der Waals surface area (Å²) in [7, 11) is 0. The minimum absolute atomic E-state index is 0.493. The maximum absolute atomic E-state index is 12.4. The molecule has 0 saturated carbocycles. The van der Waals surface area contributed by atoms with Crippen LogP contribution in [0.5, 0.6) is 0 Å². The van der Waals surface area contributed by atoms with E-state index in [4.69, 9.17) is 5.11 Å². The summed E-state index contributed by atoms with van der Waals surface area (Å²) < 4.78 is 48.1. The Balaban J connectivity index is 2.96. The van der Waals surface area contributed by atoms with Crippen molar-refractivity contribution in [3.8, 4) is 0 Å². The summed E-state index contributed by atoms with van der Waals surface area (Å²) in [6.45, 7) is 0. The molecule has 0 spiro atoms. The Hall–Kier alpha value is -1.10. The molecular formula is C8H6F4O. The van der Waals surface area contributed by atoms with E-state index in [2.05, 4.69) is 0 Å². The molecule has 1 nitrogen and oxygen atoms in total. The van der Waals surface area contributed by atoms with Gasteiger partial charge in [0.05, 0.1) is 0 Å². The van der Waals surface area contributed by atoms with Crippen molar-refractivity contribution in [1.82, 2.24) is 0 Å². The highest BCUT2D eigenvalue weighted by Gasteiger charge is 2.39. The Bertz CT molecular complexity index is 294. The van der Waals surface area contributed by atoms with Crippen molar-refractivity contribution in [2.45, 2.75) is 12.3 Å². The van der Waals surface area contributed by atoms with Gasteiger partial charge in [-0.2, -0.15) is 13.2 Å². The number of alkyl halides is 3. The van der Waals surface area contributed by atoms with Crippen molar-refractivity contribution in [1.29, 1.82) is 0 Å². The summed E-state index contributed by atoms with van der Waals surface area (Å²) >= 11 is 0. The normalized spacial score (nSPS) is 14.2. The van der Waals surface area contributed by atoms with Crippen LogP contribution in [0.4, 0.5) is 17.6 Å². The Morgan fingerprint density at radius 2 is 1.85 bits per heavy atom. The van der Waals surface area contributed by atoms with Gasteiger partial charge in [-0.05, 0) is 17.7 Å². The molecule has 0 unspecified atom stereocenters. The maximum Gasteiger partial charge on any atom is 0.418 e. The molecule has 1 rings (SSSR count). The molecule has 13 heavy (non-hydrogen) atoms. The fourth-order valence-corrected chi connectivity index (χ4v) is 0.866. The highest BCUT2D eigenvalue weighted by Crippen LogP contribution is 2.32. The molecule has 0 heterocycles. The van der Waals surface area contributed by atoms with Gasteiger partial charge in [0.15, 0.2) is 6.10 Å². The van der Waals surface area contributed by atoms with Gasteiger partial charge < -0.3 is 5.11 Å². The van der Waals surface area contributed by atoms with E-state index in [1.165, 1.54) is 0 Å². The van der Waals surface area contributed by atoms with Crippen LogP contribution in [0.1, 0.15) is 11.7 Å². The number of halogens is 4. The SMILES string of the molecule is O[C@H](c1cccc(F)c1)C(F)(F)F. The standard InChI is InChI=1S/C8H6F4O/c9-6-3-1-2-5(4-6)7(13)8(10,11)12/h1-4,7,13H/t7-/m1/s1. The van der Waals surface area contributed by atoms with Crippen molar-refractivity contribution < 1.29 is 22.7 Å². The molecule has 0 amide bonds. The minimum atomic E-state index is -4.76. The zero-order valence-corrected chi connectivity index (χ0v) is 6.35. The van der Waals surface area contributed by atoms with Crippen LogP contribution in [-0.4, -0.2) is 11.3 Å². The molecule has 0 radical (unpaired) electrons. The Morgan fingerprint density at radius 3 is 2.31 bits per heavy atom. The van der Waals surface area contributed by atoms with Crippen molar-refractivity contribution in [3.05, 3.63) is 35.6 Å². The van der Waals surface area contributed by atoms with Gasteiger partial charge in [-0.3, -0.25) is 0 Å². The molecule has 1 aromatic rings. The third kappa shape index (κ3) is 2.42. The van der Waals surface area contributed by atoms with Crippen LogP contribution in [-0.2, 0) is 0 Å². The second kappa shape index (κ2) is 3.33. The molecule has 1 atom stereocenters. The van der Waals surface area contributed by atoms with Gasteiger partial charge in [-0.25, -0.2) is 4.39 Å². The molecule has 0 aromatic heterocycles. The molecule has 0 aliphatic rings. The van der Waals surface area contributed by atoms with E-state index in [0.717, 1.165) is 18.2 Å². The summed E-state index contributed by atoms with van der Waals surface area (Å²) in [5.74, 6) is -0.805. The number of hydrogen-bond acceptors (Lipinski definition) is 1. The van der Waals surface area contributed by atoms with Gasteiger partial charge in [0.25, 0.3) is 0 Å². The zero-order valence-electron chi connectivity index (χ0n) is 6.35. The topological polar surface area (TPSA) is 20.2 Å². The van der Waals surface area contributed by atoms with Crippen LogP contribution in [0.2, 0.25) is 0 Å². The zero-order chi connectivity index (χ0) is 10.1. The minimum Gasteiger partial charge on any atom is -0.379 e. The highest BCUT2D eigenvalue weighted by atomic mass is 19.4. The summed E-state index contributed by atoms with van der Waals surface area (Å²) in [5, 5.41) is 8.69. The first kappa shape index (κ1) is 9.98. The van der Waals surface area contributed by atoms with Gasteiger partial charge in [-0.15, -0.1) is 0 Å². The van der Waals surface area contributed by atoms with Crippen LogP contribution in [0, 0.1) is 5.82 Å². The van der Waals surface area contributed by atoms with Gasteiger partial charge in [-0.1, -0.05) is 12.1 Å². The lowest BCUT2D eigenvalue weighted by molar-refractivity contribution is -0.206. The van der Waals surface area contributed by atoms with E-state index in [-0.39, 0.29) is 0 Å². The van der Waals surface area contributed by atoms with Crippen molar-refractivity contribution in [3.63, 3.8) is 0 Å². The first-order valence-corrected chi connectivity index (χ1v) is 3.41. The van der Waals surface area contributed by atoms with E-state index >= 15 is 0 Å². The molecule has 0 aliphatic carbocycles. The van der Waals surface area contributed by atoms with E-state index < -0.39 is 23.7 Å². The Kier molecular flexibility index (Phi) is 2.56. The average Bonchev–Trinajstić information content (AvgIpc) is 2.01. The predicted molar refractivity (Wildman–Crippen MR) is 37.4 cm³/mol. The van der Waals surface area contributed by atoms with Crippen molar-refractivity contribution in [2.24, 2.45) is 0 Å². The van der Waals surface area contributed by atoms with Crippen LogP contribution in [0.15, 0.2) is 24.3 Å². The summed E-state index contributed by atoms with van der Waals surface area (Å²) in [6.07, 6.45) is -7.38. The van der Waals surface area contributed by atoms with Gasteiger partial charge >= 0.3 is 6.18 Å². The largest absolute Gasteiger partial charge is 0.418 e. The van der Waals surface area contributed by atoms with Crippen LogP contribution in [0.3, 0.4) is 0 Å². The van der Waals surface area contributed by atoms with E-state index in [1.807, 2.05) is 0 Å². The monoisotopic (exact) mass is 194 g/mol. The quantitative estimate of drug-likeness (QED) is 0.680. The number of rotatable bonds is 1. The predicted octanol–water partition coefficient (Wildman–Crippen LogP) is 2.42. The second-order valence-corrected chi connectivity index (χ2v) is 2.50. The molecule has 72 valence electrons. The summed E-state index contributed by atoms with van der Waals surface area (Å²) in [5.41, 5.74) is -0.493. The fraction of sp³-hybridized carbons (Fsp3) is 0.250. The van der Waals surface area contributed by atoms with Crippen LogP contribution < -0.4 is 0 Å². The highest BCUT2D eigenvalue weighted by molar-refractivity contribution is 5.19. The molecular weight excluding hydrogens is 188 g/mol. The van der Waals surface area contributed by atoms with Crippen molar-refractivity contribution in [2.75, 3.05) is 0 Å². The first-order chi connectivity index (χ1) is 5.91. The number of hydrogen-bond donors (Lipinski definition) is 1. The summed E-state index contributed by atoms with van der Waals surface area (Å²) in [4.78, 5) is 0. The lowest BCUT2D eigenvalue weighted by atomic mass is 10.1. The number of benzene rings is 1. The summed E-state index contributed by atoms with van der Waals surface area (Å²) in [6, 6.07) is 3.78. The van der Waals surface area contributed by atoms with Crippen molar-refractivity contribution >= 4 is 0 Å². The molecule has 0 bridgehead atoms. The number of aliphatic hydroxyl groups is 1. The van der Waals surface area contributed by atoms with E-state index in [1.54, 1.807) is 0 Å². The first-order valence-electron chi connectivity index (χ1n) is 3.41. The smallest absolute Gasteiger partial charge is 0.379 e. The fourth-order valence-electron chi connectivity index (χ4n) is 0.866. The molecule has 0 aliphatic heterocycles. The van der Waals surface area contributed by atoms with Gasteiger partial charge in [0.2, 0.25) is 0 Å².